The van der Waals surface area contributed by atoms with Gasteiger partial charge < -0.3 is 0 Å². The molecule has 2 heterocycles. The van der Waals surface area contributed by atoms with Crippen LogP contribution >= 0.6 is 11.3 Å². The highest BCUT2D eigenvalue weighted by Gasteiger charge is 2.31. The van der Waals surface area contributed by atoms with E-state index >= 15 is 0 Å². The van der Waals surface area contributed by atoms with Crippen LogP contribution in [-0.4, -0.2) is 24.2 Å². The molecule has 116 valence electrons. The van der Waals surface area contributed by atoms with Crippen LogP contribution in [0, 0.1) is 17.0 Å². The van der Waals surface area contributed by atoms with Crippen molar-refractivity contribution in [3.8, 4) is 0 Å². The molecular weight excluding hydrogens is 324 g/mol. The van der Waals surface area contributed by atoms with E-state index in [-0.39, 0.29) is 16.1 Å². The SMILES string of the molecule is Cc1c([N+](=O)[O-])cccc1S(=O)(=O)N1CCc2sccc2C1. The monoisotopic (exact) mass is 338 g/mol. The van der Waals surface area contributed by atoms with E-state index in [1.807, 2.05) is 11.4 Å². The van der Waals surface area contributed by atoms with E-state index in [0.29, 0.717) is 19.5 Å². The normalized spacial score (nSPS) is 15.5. The van der Waals surface area contributed by atoms with Gasteiger partial charge >= 0.3 is 0 Å². The van der Waals surface area contributed by atoms with E-state index in [1.165, 1.54) is 34.3 Å². The predicted molar refractivity (Wildman–Crippen MR) is 83.5 cm³/mol. The van der Waals surface area contributed by atoms with Crippen molar-refractivity contribution in [1.29, 1.82) is 0 Å². The highest BCUT2D eigenvalue weighted by Crippen LogP contribution is 2.31. The van der Waals surface area contributed by atoms with Crippen LogP contribution in [-0.2, 0) is 23.0 Å². The molecular formula is C14H14N2O4S2. The van der Waals surface area contributed by atoms with Crippen LogP contribution in [0.2, 0.25) is 0 Å². The van der Waals surface area contributed by atoms with Crippen molar-refractivity contribution in [3.05, 3.63) is 55.8 Å². The van der Waals surface area contributed by atoms with Crippen molar-refractivity contribution >= 4 is 27.0 Å². The highest BCUT2D eigenvalue weighted by molar-refractivity contribution is 7.89. The molecule has 0 bridgehead atoms. The van der Waals surface area contributed by atoms with E-state index in [2.05, 4.69) is 0 Å². The number of rotatable bonds is 3. The fourth-order valence-electron chi connectivity index (χ4n) is 2.65. The summed E-state index contributed by atoms with van der Waals surface area (Å²) in [6.07, 6.45) is 0.681. The molecule has 0 atom stereocenters. The summed E-state index contributed by atoms with van der Waals surface area (Å²) in [5, 5.41) is 13.0. The molecule has 8 heteroatoms. The molecule has 1 aliphatic rings. The molecule has 6 nitrogen and oxygen atoms in total. The molecule has 1 aromatic heterocycles. The van der Waals surface area contributed by atoms with Gasteiger partial charge in [0.2, 0.25) is 10.0 Å². The largest absolute Gasteiger partial charge is 0.273 e. The van der Waals surface area contributed by atoms with Crippen molar-refractivity contribution in [1.82, 2.24) is 4.31 Å². The molecule has 1 aliphatic heterocycles. The van der Waals surface area contributed by atoms with Gasteiger partial charge in [-0.15, -0.1) is 11.3 Å². The Labute approximate surface area is 132 Å². The maximum absolute atomic E-state index is 12.8. The third-order valence-electron chi connectivity index (χ3n) is 3.84. The zero-order valence-electron chi connectivity index (χ0n) is 11.9. The lowest BCUT2D eigenvalue weighted by Crippen LogP contribution is -2.35. The molecule has 0 spiro atoms. The maximum atomic E-state index is 12.8. The van der Waals surface area contributed by atoms with Crippen LogP contribution in [0.5, 0.6) is 0 Å². The molecule has 0 radical (unpaired) electrons. The first-order valence-corrected chi connectivity index (χ1v) is 9.02. The summed E-state index contributed by atoms with van der Waals surface area (Å²) in [6.45, 7) is 2.20. The minimum Gasteiger partial charge on any atom is -0.258 e. The van der Waals surface area contributed by atoms with Gasteiger partial charge in [-0.2, -0.15) is 4.31 Å². The van der Waals surface area contributed by atoms with E-state index in [9.17, 15) is 18.5 Å². The summed E-state index contributed by atoms with van der Waals surface area (Å²) >= 11 is 1.63. The van der Waals surface area contributed by atoms with Crippen LogP contribution in [0.4, 0.5) is 5.69 Å². The minimum atomic E-state index is -3.74. The first kappa shape index (κ1) is 15.1. The summed E-state index contributed by atoms with van der Waals surface area (Å²) in [5.74, 6) is 0. The van der Waals surface area contributed by atoms with Gasteiger partial charge in [0, 0.05) is 29.6 Å². The quantitative estimate of drug-likeness (QED) is 0.636. The number of benzene rings is 1. The molecule has 0 aliphatic carbocycles. The number of hydrogen-bond donors (Lipinski definition) is 0. The van der Waals surface area contributed by atoms with Gasteiger partial charge in [-0.3, -0.25) is 10.1 Å². The number of sulfonamides is 1. The smallest absolute Gasteiger partial charge is 0.258 e. The molecule has 0 saturated carbocycles. The van der Waals surface area contributed by atoms with Gasteiger partial charge in [0.25, 0.3) is 5.69 Å². The van der Waals surface area contributed by atoms with Gasteiger partial charge in [-0.1, -0.05) is 6.07 Å². The molecule has 3 rings (SSSR count). The Morgan fingerprint density at radius 3 is 2.82 bits per heavy atom. The van der Waals surface area contributed by atoms with Gasteiger partial charge in [0.15, 0.2) is 0 Å². The van der Waals surface area contributed by atoms with Crippen molar-refractivity contribution in [2.45, 2.75) is 24.8 Å². The Balaban J connectivity index is 2.01. The Bertz CT molecular complexity index is 842. The summed E-state index contributed by atoms with van der Waals surface area (Å²) < 4.78 is 27.0. The van der Waals surface area contributed by atoms with Crippen molar-refractivity contribution in [2.75, 3.05) is 6.54 Å². The highest BCUT2D eigenvalue weighted by atomic mass is 32.2. The van der Waals surface area contributed by atoms with E-state index < -0.39 is 14.9 Å². The van der Waals surface area contributed by atoms with Crippen molar-refractivity contribution in [2.24, 2.45) is 0 Å². The lowest BCUT2D eigenvalue weighted by atomic mass is 10.1. The molecule has 1 aromatic carbocycles. The van der Waals surface area contributed by atoms with E-state index in [0.717, 1.165) is 5.56 Å². The third kappa shape index (κ3) is 2.43. The summed E-state index contributed by atoms with van der Waals surface area (Å²) in [7, 11) is -3.74. The average Bonchev–Trinajstić information content (AvgIpc) is 2.94. The molecule has 2 aromatic rings. The number of nitrogens with zero attached hydrogens (tertiary/aromatic N) is 2. The zero-order valence-corrected chi connectivity index (χ0v) is 13.5. The van der Waals surface area contributed by atoms with Crippen LogP contribution in [0.15, 0.2) is 34.5 Å². The maximum Gasteiger partial charge on any atom is 0.273 e. The Morgan fingerprint density at radius 1 is 1.32 bits per heavy atom. The van der Waals surface area contributed by atoms with Gasteiger partial charge in [0.05, 0.1) is 9.82 Å². The van der Waals surface area contributed by atoms with Crippen molar-refractivity contribution in [3.63, 3.8) is 0 Å². The van der Waals surface area contributed by atoms with Gasteiger partial charge in [0.1, 0.15) is 0 Å². The number of fused-ring (bicyclic) bond motifs is 1. The lowest BCUT2D eigenvalue weighted by molar-refractivity contribution is -0.385. The minimum absolute atomic E-state index is 0.0142. The first-order valence-electron chi connectivity index (χ1n) is 6.70. The third-order valence-corrected chi connectivity index (χ3v) is 6.86. The second kappa shape index (κ2) is 5.45. The van der Waals surface area contributed by atoms with Crippen molar-refractivity contribution < 1.29 is 13.3 Å². The van der Waals surface area contributed by atoms with E-state index in [1.54, 1.807) is 11.3 Å². The zero-order chi connectivity index (χ0) is 15.9. The molecule has 0 amide bonds. The second-order valence-electron chi connectivity index (χ2n) is 5.11. The Hall–Kier alpha value is -1.77. The average molecular weight is 338 g/mol. The summed E-state index contributed by atoms with van der Waals surface area (Å²) in [6, 6.07) is 6.10. The summed E-state index contributed by atoms with van der Waals surface area (Å²) in [4.78, 5) is 11.7. The molecule has 0 N–H and O–H groups in total. The van der Waals surface area contributed by atoms with Crippen LogP contribution in [0.3, 0.4) is 0 Å². The number of thiophene rings is 1. The van der Waals surface area contributed by atoms with E-state index in [4.69, 9.17) is 0 Å². The number of hydrogen-bond acceptors (Lipinski definition) is 5. The van der Waals surface area contributed by atoms with Gasteiger partial charge in [-0.05, 0) is 36.4 Å². The standard InChI is InChI=1S/C14H14N2O4S2/c1-10-12(16(17)18)3-2-4-14(10)22(19,20)15-7-5-13-11(9-15)6-8-21-13/h2-4,6,8H,5,7,9H2,1H3. The lowest BCUT2D eigenvalue weighted by Gasteiger charge is -2.26. The topological polar surface area (TPSA) is 80.5 Å². The first-order chi connectivity index (χ1) is 10.4. The molecule has 0 unspecified atom stereocenters. The van der Waals surface area contributed by atoms with Gasteiger partial charge in [-0.25, -0.2) is 8.42 Å². The molecule has 0 fully saturated rings. The fourth-order valence-corrected chi connectivity index (χ4v) is 5.20. The Kier molecular flexibility index (Phi) is 3.75. The summed E-state index contributed by atoms with van der Waals surface area (Å²) in [5.41, 5.74) is 1.03. The van der Waals surface area contributed by atoms with Crippen LogP contribution in [0.25, 0.3) is 0 Å². The predicted octanol–water partition coefficient (Wildman–Crippen LogP) is 2.71. The Morgan fingerprint density at radius 2 is 2.09 bits per heavy atom. The molecule has 0 saturated heterocycles. The fraction of sp³-hybridized carbons (Fsp3) is 0.286. The van der Waals surface area contributed by atoms with Crippen LogP contribution < -0.4 is 0 Å². The number of nitro groups is 1. The number of nitro benzene ring substituents is 1. The molecule has 22 heavy (non-hydrogen) atoms. The van der Waals surface area contributed by atoms with Crippen LogP contribution in [0.1, 0.15) is 16.0 Å². The second-order valence-corrected chi connectivity index (χ2v) is 8.02.